The van der Waals surface area contributed by atoms with Crippen LogP contribution in [0.4, 0.5) is 10.8 Å². The van der Waals surface area contributed by atoms with Gasteiger partial charge in [-0.1, -0.05) is 22.9 Å². The first-order chi connectivity index (χ1) is 11.1. The number of aromatic nitrogens is 2. The van der Waals surface area contributed by atoms with Gasteiger partial charge in [-0.15, -0.1) is 10.2 Å². The van der Waals surface area contributed by atoms with Gasteiger partial charge in [0.15, 0.2) is 0 Å². The number of hydrogen-bond acceptors (Lipinski definition) is 6. The zero-order chi connectivity index (χ0) is 16.4. The molecule has 1 saturated carbocycles. The summed E-state index contributed by atoms with van der Waals surface area (Å²) in [6.07, 6.45) is 2.38. The van der Waals surface area contributed by atoms with Gasteiger partial charge in [-0.3, -0.25) is 4.79 Å². The van der Waals surface area contributed by atoms with Crippen molar-refractivity contribution < 1.29 is 9.53 Å². The lowest BCUT2D eigenvalue weighted by Gasteiger charge is -2.16. The molecule has 1 aromatic carbocycles. The molecule has 1 heterocycles. The molecule has 122 valence electrons. The normalized spacial score (nSPS) is 13.7. The van der Waals surface area contributed by atoms with Crippen LogP contribution in [0.2, 0.25) is 5.02 Å². The van der Waals surface area contributed by atoms with Crippen LogP contribution in [0.25, 0.3) is 0 Å². The van der Waals surface area contributed by atoms with Gasteiger partial charge >= 0.3 is 0 Å². The van der Waals surface area contributed by atoms with Gasteiger partial charge in [0, 0.05) is 18.0 Å². The van der Waals surface area contributed by atoms with Crippen molar-refractivity contribution >= 4 is 39.7 Å². The Hall–Kier alpha value is -1.86. The number of halogens is 1. The maximum atomic E-state index is 12.2. The maximum Gasteiger partial charge on any atom is 0.244 e. The first-order valence-corrected chi connectivity index (χ1v) is 8.44. The SMILES string of the molecule is COc1ccc(Cl)cc1NC(=O)CN(C)c1nnc(C2CC2)s1. The number of nitrogens with one attached hydrogen (secondary N) is 1. The molecule has 0 radical (unpaired) electrons. The molecule has 2 aromatic rings. The molecular formula is C15H17ClN4O2S. The molecule has 0 unspecified atom stereocenters. The van der Waals surface area contributed by atoms with Crippen molar-refractivity contribution in [2.45, 2.75) is 18.8 Å². The Morgan fingerprint density at radius 2 is 2.26 bits per heavy atom. The number of likely N-dealkylation sites (N-methyl/N-ethyl adjacent to an activating group) is 1. The standard InChI is InChI=1S/C15H17ClN4O2S/c1-20(15-19-18-14(23-15)9-3-4-9)8-13(21)17-11-7-10(16)5-6-12(11)22-2/h5-7,9H,3-4,8H2,1-2H3,(H,17,21). The van der Waals surface area contributed by atoms with Crippen molar-refractivity contribution in [3.05, 3.63) is 28.2 Å². The average Bonchev–Trinajstić information content (AvgIpc) is 3.24. The van der Waals surface area contributed by atoms with Gasteiger partial charge in [0.2, 0.25) is 11.0 Å². The molecule has 3 rings (SSSR count). The summed E-state index contributed by atoms with van der Waals surface area (Å²) in [5.74, 6) is 0.966. The van der Waals surface area contributed by atoms with E-state index in [0.717, 1.165) is 10.1 Å². The van der Waals surface area contributed by atoms with Gasteiger partial charge in [0.1, 0.15) is 10.8 Å². The van der Waals surface area contributed by atoms with E-state index in [4.69, 9.17) is 16.3 Å². The topological polar surface area (TPSA) is 67.3 Å². The number of carbonyl (C=O) groups is 1. The van der Waals surface area contributed by atoms with Gasteiger partial charge in [-0.25, -0.2) is 0 Å². The maximum absolute atomic E-state index is 12.2. The number of hydrogen-bond donors (Lipinski definition) is 1. The fourth-order valence-corrected chi connectivity index (χ4v) is 3.27. The second-order valence-corrected chi connectivity index (χ2v) is 6.87. The summed E-state index contributed by atoms with van der Waals surface area (Å²) in [7, 11) is 3.37. The highest BCUT2D eigenvalue weighted by Gasteiger charge is 2.28. The Bertz CT molecular complexity index is 717. The third kappa shape index (κ3) is 3.92. The summed E-state index contributed by atoms with van der Waals surface area (Å²) in [5, 5.41) is 13.5. The summed E-state index contributed by atoms with van der Waals surface area (Å²) in [4.78, 5) is 14.0. The Kier molecular flexibility index (Phi) is 4.68. The molecule has 1 aliphatic rings. The molecule has 1 N–H and O–H groups in total. The van der Waals surface area contributed by atoms with Crippen molar-refractivity contribution in [1.82, 2.24) is 10.2 Å². The lowest BCUT2D eigenvalue weighted by Crippen LogP contribution is -2.30. The van der Waals surface area contributed by atoms with Crippen LogP contribution >= 0.6 is 22.9 Å². The predicted octanol–water partition coefficient (Wildman–Crippen LogP) is 3.15. The molecular weight excluding hydrogens is 336 g/mol. The number of methoxy groups -OCH3 is 1. The van der Waals surface area contributed by atoms with Crippen LogP contribution in [-0.2, 0) is 4.79 Å². The monoisotopic (exact) mass is 352 g/mol. The molecule has 0 atom stereocenters. The first kappa shape index (κ1) is 16.0. The number of rotatable bonds is 6. The Morgan fingerprint density at radius 1 is 1.48 bits per heavy atom. The summed E-state index contributed by atoms with van der Waals surface area (Å²) in [6, 6.07) is 5.09. The zero-order valence-corrected chi connectivity index (χ0v) is 14.4. The zero-order valence-electron chi connectivity index (χ0n) is 12.9. The van der Waals surface area contributed by atoms with Crippen LogP contribution in [-0.4, -0.2) is 36.8 Å². The summed E-state index contributed by atoms with van der Waals surface area (Å²) in [6.45, 7) is 0.176. The third-order valence-electron chi connectivity index (χ3n) is 3.50. The number of anilines is 2. The van der Waals surface area contributed by atoms with Gasteiger partial charge in [-0.2, -0.15) is 0 Å². The molecule has 1 aromatic heterocycles. The summed E-state index contributed by atoms with van der Waals surface area (Å²) >= 11 is 7.51. The Morgan fingerprint density at radius 3 is 2.96 bits per heavy atom. The van der Waals surface area contributed by atoms with E-state index in [2.05, 4.69) is 15.5 Å². The fourth-order valence-electron chi connectivity index (χ4n) is 2.13. The molecule has 1 fully saturated rings. The van der Waals surface area contributed by atoms with Crippen molar-refractivity contribution in [3.63, 3.8) is 0 Å². The molecule has 0 bridgehead atoms. The minimum atomic E-state index is -0.170. The van der Waals surface area contributed by atoms with Gasteiger partial charge in [0.05, 0.1) is 19.3 Å². The molecule has 1 amide bonds. The summed E-state index contributed by atoms with van der Waals surface area (Å²) < 4.78 is 5.22. The second kappa shape index (κ2) is 6.72. The quantitative estimate of drug-likeness (QED) is 0.865. The number of carbonyl (C=O) groups excluding carboxylic acids is 1. The number of amides is 1. The highest BCUT2D eigenvalue weighted by atomic mass is 35.5. The van der Waals surface area contributed by atoms with Gasteiger partial charge in [-0.05, 0) is 31.0 Å². The predicted molar refractivity (Wildman–Crippen MR) is 91.8 cm³/mol. The molecule has 0 saturated heterocycles. The van der Waals surface area contributed by atoms with E-state index in [-0.39, 0.29) is 12.5 Å². The third-order valence-corrected chi connectivity index (χ3v) is 4.93. The lowest BCUT2D eigenvalue weighted by molar-refractivity contribution is -0.114. The number of benzene rings is 1. The van der Waals surface area contributed by atoms with E-state index < -0.39 is 0 Å². The average molecular weight is 353 g/mol. The van der Waals surface area contributed by atoms with E-state index in [1.165, 1.54) is 12.8 Å². The van der Waals surface area contributed by atoms with Crippen LogP contribution in [0.15, 0.2) is 18.2 Å². The highest BCUT2D eigenvalue weighted by Crippen LogP contribution is 2.42. The molecule has 23 heavy (non-hydrogen) atoms. The number of nitrogens with zero attached hydrogens (tertiary/aromatic N) is 3. The van der Waals surface area contributed by atoms with Crippen molar-refractivity contribution in [3.8, 4) is 5.75 Å². The smallest absolute Gasteiger partial charge is 0.244 e. The van der Waals surface area contributed by atoms with Crippen LogP contribution < -0.4 is 15.0 Å². The molecule has 6 nitrogen and oxygen atoms in total. The van der Waals surface area contributed by atoms with Gasteiger partial charge in [0.25, 0.3) is 0 Å². The Balaban J connectivity index is 1.63. The summed E-state index contributed by atoms with van der Waals surface area (Å²) in [5.41, 5.74) is 0.550. The van der Waals surface area contributed by atoms with Crippen molar-refractivity contribution in [1.29, 1.82) is 0 Å². The van der Waals surface area contributed by atoms with Crippen molar-refractivity contribution in [2.24, 2.45) is 0 Å². The van der Waals surface area contributed by atoms with Crippen LogP contribution in [0.5, 0.6) is 5.75 Å². The Labute approximate surface area is 143 Å². The van der Waals surface area contributed by atoms with E-state index in [0.29, 0.717) is 22.4 Å². The second-order valence-electron chi connectivity index (χ2n) is 5.45. The molecule has 0 aliphatic heterocycles. The van der Waals surface area contributed by atoms with E-state index in [1.54, 1.807) is 41.5 Å². The van der Waals surface area contributed by atoms with Crippen molar-refractivity contribution in [2.75, 3.05) is 30.9 Å². The van der Waals surface area contributed by atoms with Crippen LogP contribution in [0.3, 0.4) is 0 Å². The van der Waals surface area contributed by atoms with E-state index in [1.807, 2.05) is 7.05 Å². The fraction of sp³-hybridized carbons (Fsp3) is 0.400. The number of ether oxygens (including phenoxy) is 1. The first-order valence-electron chi connectivity index (χ1n) is 7.24. The van der Waals surface area contributed by atoms with Gasteiger partial charge < -0.3 is 15.0 Å². The lowest BCUT2D eigenvalue weighted by atomic mass is 10.3. The largest absolute Gasteiger partial charge is 0.495 e. The van der Waals surface area contributed by atoms with E-state index >= 15 is 0 Å². The minimum Gasteiger partial charge on any atom is -0.495 e. The van der Waals surface area contributed by atoms with Crippen LogP contribution in [0.1, 0.15) is 23.8 Å². The van der Waals surface area contributed by atoms with Crippen LogP contribution in [0, 0.1) is 0 Å². The molecule has 0 spiro atoms. The van der Waals surface area contributed by atoms with E-state index in [9.17, 15) is 4.79 Å². The molecule has 1 aliphatic carbocycles. The highest BCUT2D eigenvalue weighted by molar-refractivity contribution is 7.15. The molecule has 8 heteroatoms. The minimum absolute atomic E-state index is 0.170.